The first-order valence-electron chi connectivity index (χ1n) is 9.77. The number of aliphatic hydroxyl groups excluding tert-OH is 1. The number of nitrogens with two attached hydrogens (primary N) is 1. The lowest BCUT2D eigenvalue weighted by Crippen LogP contribution is -2.87. The normalized spacial score (nSPS) is 12.5. The van der Waals surface area contributed by atoms with Crippen molar-refractivity contribution in [3.05, 3.63) is 53.6 Å². The highest BCUT2D eigenvalue weighted by molar-refractivity contribution is 5.44. The number of rotatable bonds is 10. The third-order valence-electron chi connectivity index (χ3n) is 4.66. The van der Waals surface area contributed by atoms with Crippen LogP contribution in [0.5, 0.6) is 17.2 Å². The molecule has 0 bridgehead atoms. The Kier molecular flexibility index (Phi) is 8.15. The molecular weight excluding hydrogens is 354 g/mol. The molecule has 3 N–H and O–H groups in total. The van der Waals surface area contributed by atoms with Gasteiger partial charge in [0.05, 0.1) is 20.8 Å². The van der Waals surface area contributed by atoms with Crippen LogP contribution in [0.3, 0.4) is 0 Å². The Morgan fingerprint density at radius 2 is 1.61 bits per heavy atom. The van der Waals surface area contributed by atoms with E-state index in [-0.39, 0.29) is 12.0 Å². The van der Waals surface area contributed by atoms with Gasteiger partial charge in [-0.3, -0.25) is 0 Å². The topological polar surface area (TPSA) is 64.5 Å². The van der Waals surface area contributed by atoms with Crippen LogP contribution in [-0.4, -0.2) is 45.1 Å². The third-order valence-corrected chi connectivity index (χ3v) is 4.66. The van der Waals surface area contributed by atoms with Crippen molar-refractivity contribution in [2.75, 3.05) is 33.9 Å². The average Bonchev–Trinajstić information content (AvgIpc) is 2.69. The smallest absolute Gasteiger partial charge is 0.137 e. The highest BCUT2D eigenvalue weighted by Crippen LogP contribution is 2.34. The molecular formula is C23H34NO4+. The summed E-state index contributed by atoms with van der Waals surface area (Å²) in [4.78, 5) is 0. The van der Waals surface area contributed by atoms with Gasteiger partial charge in [0, 0.05) is 12.0 Å². The molecule has 0 aliphatic carbocycles. The van der Waals surface area contributed by atoms with E-state index < -0.39 is 6.10 Å². The second-order valence-electron chi connectivity index (χ2n) is 7.99. The summed E-state index contributed by atoms with van der Waals surface area (Å²) in [6.07, 6.45) is 0.426. The van der Waals surface area contributed by atoms with Crippen molar-refractivity contribution in [1.29, 1.82) is 0 Å². The van der Waals surface area contributed by atoms with E-state index in [9.17, 15) is 5.11 Å². The molecule has 2 aromatic carbocycles. The van der Waals surface area contributed by atoms with Gasteiger partial charge in [-0.25, -0.2) is 0 Å². The molecule has 2 rings (SSSR count). The van der Waals surface area contributed by atoms with Gasteiger partial charge >= 0.3 is 0 Å². The molecule has 0 aliphatic heterocycles. The summed E-state index contributed by atoms with van der Waals surface area (Å²) in [6, 6.07) is 13.9. The van der Waals surface area contributed by atoms with Crippen LogP contribution in [0.25, 0.3) is 0 Å². The van der Waals surface area contributed by atoms with Crippen LogP contribution in [0.4, 0.5) is 0 Å². The molecule has 0 amide bonds. The van der Waals surface area contributed by atoms with Crippen molar-refractivity contribution < 1.29 is 24.6 Å². The van der Waals surface area contributed by atoms with Crippen molar-refractivity contribution in [3.8, 4) is 17.2 Å². The third kappa shape index (κ3) is 6.73. The molecule has 0 spiro atoms. The van der Waals surface area contributed by atoms with E-state index in [1.807, 2.05) is 30.3 Å². The Morgan fingerprint density at radius 1 is 0.964 bits per heavy atom. The number of hydrogen-bond donors (Lipinski definition) is 2. The average molecular weight is 389 g/mol. The minimum atomic E-state index is -0.522. The lowest BCUT2D eigenvalue weighted by Gasteiger charge is -2.24. The first-order valence-corrected chi connectivity index (χ1v) is 9.77. The Labute approximate surface area is 168 Å². The van der Waals surface area contributed by atoms with Gasteiger partial charge in [0.25, 0.3) is 0 Å². The maximum absolute atomic E-state index is 10.3. The quantitative estimate of drug-likeness (QED) is 0.614. The zero-order chi connectivity index (χ0) is 20.6. The lowest BCUT2D eigenvalue weighted by atomic mass is 9.86. The minimum Gasteiger partial charge on any atom is -0.497 e. The van der Waals surface area contributed by atoms with Gasteiger partial charge in [0.2, 0.25) is 0 Å². The van der Waals surface area contributed by atoms with Crippen LogP contribution >= 0.6 is 0 Å². The predicted molar refractivity (Wildman–Crippen MR) is 112 cm³/mol. The number of quaternary nitrogens is 1. The highest BCUT2D eigenvalue weighted by atomic mass is 16.5. The number of aliphatic hydroxyl groups is 1. The molecule has 0 heterocycles. The summed E-state index contributed by atoms with van der Waals surface area (Å²) in [5.41, 5.74) is 2.26. The molecule has 5 heteroatoms. The number of hydrogen-bond acceptors (Lipinski definition) is 4. The molecule has 0 fully saturated rings. The Bertz CT molecular complexity index is 722. The molecule has 0 unspecified atom stereocenters. The van der Waals surface area contributed by atoms with E-state index in [4.69, 9.17) is 14.2 Å². The van der Waals surface area contributed by atoms with Crippen molar-refractivity contribution in [1.82, 2.24) is 0 Å². The Balaban J connectivity index is 1.78. The summed E-state index contributed by atoms with van der Waals surface area (Å²) in [6.45, 7) is 8.21. The lowest BCUT2D eigenvalue weighted by molar-refractivity contribution is -0.660. The number of methoxy groups -OCH3 is 2. The van der Waals surface area contributed by atoms with Crippen LogP contribution < -0.4 is 19.5 Å². The molecule has 2 aromatic rings. The van der Waals surface area contributed by atoms with Gasteiger partial charge in [-0.05, 0) is 41.3 Å². The van der Waals surface area contributed by atoms with Crippen LogP contribution in [-0.2, 0) is 11.8 Å². The molecule has 0 saturated carbocycles. The standard InChI is InChI=1S/C23H33NO4/c1-23(2,3)21-14-20(27-5)10-11-22(21)28-16-18(25)15-24-13-12-17-6-8-19(26-4)9-7-17/h6-11,14,18,24-25H,12-13,15-16H2,1-5H3/p+1/t18-/m0/s1. The Hall–Kier alpha value is -2.24. The fraction of sp³-hybridized carbons (Fsp3) is 0.478. The molecule has 28 heavy (non-hydrogen) atoms. The second kappa shape index (κ2) is 10.3. The molecule has 5 nitrogen and oxygen atoms in total. The summed E-state index contributed by atoms with van der Waals surface area (Å²) < 4.78 is 16.4. The fourth-order valence-electron chi connectivity index (χ4n) is 2.97. The largest absolute Gasteiger partial charge is 0.497 e. The maximum atomic E-state index is 10.3. The first kappa shape index (κ1) is 22.1. The molecule has 1 atom stereocenters. The molecule has 0 radical (unpaired) electrons. The van der Waals surface area contributed by atoms with Crippen LogP contribution in [0.15, 0.2) is 42.5 Å². The molecule has 154 valence electrons. The molecule has 0 aromatic heterocycles. The van der Waals surface area contributed by atoms with Gasteiger partial charge < -0.3 is 24.6 Å². The zero-order valence-corrected chi connectivity index (χ0v) is 17.7. The minimum absolute atomic E-state index is 0.0701. The van der Waals surface area contributed by atoms with Crippen molar-refractivity contribution in [2.24, 2.45) is 0 Å². The molecule has 0 aliphatic rings. The summed E-state index contributed by atoms with van der Waals surface area (Å²) in [5.74, 6) is 2.48. The van der Waals surface area contributed by atoms with Crippen molar-refractivity contribution >= 4 is 0 Å². The van der Waals surface area contributed by atoms with Crippen LogP contribution in [0, 0.1) is 0 Å². The maximum Gasteiger partial charge on any atom is 0.137 e. The summed E-state index contributed by atoms with van der Waals surface area (Å²) in [7, 11) is 3.33. The summed E-state index contributed by atoms with van der Waals surface area (Å²) >= 11 is 0. The van der Waals surface area contributed by atoms with E-state index in [2.05, 4.69) is 38.2 Å². The van der Waals surface area contributed by atoms with E-state index in [0.717, 1.165) is 35.8 Å². The van der Waals surface area contributed by atoms with Gasteiger partial charge in [-0.1, -0.05) is 32.9 Å². The molecule has 0 saturated heterocycles. The van der Waals surface area contributed by atoms with Gasteiger partial charge in [0.1, 0.15) is 36.5 Å². The Morgan fingerprint density at radius 3 is 2.21 bits per heavy atom. The van der Waals surface area contributed by atoms with Crippen LogP contribution in [0.1, 0.15) is 31.9 Å². The highest BCUT2D eigenvalue weighted by Gasteiger charge is 2.20. The number of benzene rings is 2. The van der Waals surface area contributed by atoms with E-state index in [1.165, 1.54) is 5.56 Å². The van der Waals surface area contributed by atoms with Crippen molar-refractivity contribution in [3.63, 3.8) is 0 Å². The number of ether oxygens (including phenoxy) is 3. The SMILES string of the molecule is COc1ccc(CC[NH2+]C[C@H](O)COc2ccc(OC)cc2C(C)(C)C)cc1. The van der Waals surface area contributed by atoms with Gasteiger partial charge in [-0.2, -0.15) is 0 Å². The fourth-order valence-corrected chi connectivity index (χ4v) is 2.97. The van der Waals surface area contributed by atoms with E-state index in [0.29, 0.717) is 6.54 Å². The summed E-state index contributed by atoms with van der Waals surface area (Å²) in [5, 5.41) is 12.4. The van der Waals surface area contributed by atoms with Gasteiger partial charge in [-0.15, -0.1) is 0 Å². The predicted octanol–water partition coefficient (Wildman–Crippen LogP) is 2.55. The van der Waals surface area contributed by atoms with Crippen molar-refractivity contribution in [2.45, 2.75) is 38.7 Å². The first-order chi connectivity index (χ1) is 13.3. The van der Waals surface area contributed by atoms with Gasteiger partial charge in [0.15, 0.2) is 0 Å². The second-order valence-corrected chi connectivity index (χ2v) is 7.99. The van der Waals surface area contributed by atoms with Crippen LogP contribution in [0.2, 0.25) is 0 Å². The van der Waals surface area contributed by atoms with E-state index in [1.54, 1.807) is 14.2 Å². The monoisotopic (exact) mass is 388 g/mol. The zero-order valence-electron chi connectivity index (χ0n) is 17.7. The van der Waals surface area contributed by atoms with E-state index >= 15 is 0 Å².